The number of aromatic nitrogens is 1. The number of carbonyl (C=O) groups is 1. The van der Waals surface area contributed by atoms with Crippen LogP contribution in [-0.2, 0) is 0 Å². The molecule has 0 unspecified atom stereocenters. The van der Waals surface area contributed by atoms with E-state index < -0.39 is 5.91 Å². The molecule has 1 fully saturated rings. The number of nitrogen functional groups attached to an aromatic ring is 1. The van der Waals surface area contributed by atoms with Crippen LogP contribution in [0.15, 0.2) is 0 Å². The molecule has 1 aliphatic carbocycles. The van der Waals surface area contributed by atoms with Crippen molar-refractivity contribution in [3.63, 3.8) is 0 Å². The zero-order chi connectivity index (χ0) is 12.5. The number of amides is 1. The Kier molecular flexibility index (Phi) is 3.24. The van der Waals surface area contributed by atoms with Crippen LogP contribution >= 0.6 is 11.5 Å². The molecule has 5 nitrogen and oxygen atoms in total. The van der Waals surface area contributed by atoms with Crippen LogP contribution in [0, 0.1) is 5.41 Å². The first-order valence-electron chi connectivity index (χ1n) is 5.81. The summed E-state index contributed by atoms with van der Waals surface area (Å²) in [5.74, 6) is -0.295. The lowest BCUT2D eigenvalue weighted by molar-refractivity contribution is 0.100. The fraction of sp³-hybridized carbons (Fsp3) is 0.636. The van der Waals surface area contributed by atoms with Crippen molar-refractivity contribution in [2.24, 2.45) is 11.1 Å². The van der Waals surface area contributed by atoms with Gasteiger partial charge in [-0.2, -0.15) is 4.37 Å². The van der Waals surface area contributed by atoms with Crippen molar-refractivity contribution in [3.05, 3.63) is 5.56 Å². The zero-order valence-electron chi connectivity index (χ0n) is 9.95. The first-order valence-corrected chi connectivity index (χ1v) is 6.58. The summed E-state index contributed by atoms with van der Waals surface area (Å²) in [6, 6.07) is 0. The molecule has 1 heterocycles. The Balaban J connectivity index is 2.06. The fourth-order valence-electron chi connectivity index (χ4n) is 2.36. The fourth-order valence-corrected chi connectivity index (χ4v) is 3.07. The zero-order valence-corrected chi connectivity index (χ0v) is 10.8. The summed E-state index contributed by atoms with van der Waals surface area (Å²) in [7, 11) is 0. The Morgan fingerprint density at radius 2 is 2.18 bits per heavy atom. The van der Waals surface area contributed by atoms with Gasteiger partial charge in [-0.3, -0.25) is 4.79 Å². The van der Waals surface area contributed by atoms with Crippen LogP contribution in [0.25, 0.3) is 0 Å². The van der Waals surface area contributed by atoms with Crippen molar-refractivity contribution in [3.8, 4) is 0 Å². The lowest BCUT2D eigenvalue weighted by atomic mass is 9.89. The van der Waals surface area contributed by atoms with Gasteiger partial charge in [-0.05, 0) is 29.8 Å². The average molecular weight is 254 g/mol. The molecule has 0 aromatic carbocycles. The van der Waals surface area contributed by atoms with Gasteiger partial charge in [0.15, 0.2) is 5.82 Å². The van der Waals surface area contributed by atoms with E-state index in [4.69, 9.17) is 11.5 Å². The van der Waals surface area contributed by atoms with E-state index in [2.05, 4.69) is 16.6 Å². The molecule has 0 saturated heterocycles. The van der Waals surface area contributed by atoms with Crippen LogP contribution < -0.4 is 16.8 Å². The van der Waals surface area contributed by atoms with Crippen LogP contribution in [0.2, 0.25) is 0 Å². The van der Waals surface area contributed by atoms with Gasteiger partial charge in [0.25, 0.3) is 5.91 Å². The normalized spacial score (nSPS) is 18.2. The molecule has 1 aromatic heterocycles. The largest absolute Gasteiger partial charge is 0.382 e. The highest BCUT2D eigenvalue weighted by Crippen LogP contribution is 2.38. The van der Waals surface area contributed by atoms with Crippen molar-refractivity contribution in [2.45, 2.75) is 32.6 Å². The van der Waals surface area contributed by atoms with Crippen molar-refractivity contribution >= 4 is 28.3 Å². The number of nitrogens with two attached hydrogens (primary N) is 2. The van der Waals surface area contributed by atoms with Gasteiger partial charge in [0, 0.05) is 6.54 Å². The highest BCUT2D eigenvalue weighted by atomic mass is 32.1. The Morgan fingerprint density at radius 1 is 1.53 bits per heavy atom. The van der Waals surface area contributed by atoms with E-state index in [0.29, 0.717) is 16.0 Å². The monoisotopic (exact) mass is 254 g/mol. The second kappa shape index (κ2) is 4.52. The van der Waals surface area contributed by atoms with Crippen LogP contribution in [0.4, 0.5) is 10.8 Å². The lowest BCUT2D eigenvalue weighted by Gasteiger charge is -2.23. The molecule has 1 saturated carbocycles. The van der Waals surface area contributed by atoms with Crippen molar-refractivity contribution < 1.29 is 4.79 Å². The minimum absolute atomic E-state index is 0.224. The van der Waals surface area contributed by atoms with Gasteiger partial charge in [-0.15, -0.1) is 0 Å². The van der Waals surface area contributed by atoms with E-state index in [1.165, 1.54) is 37.2 Å². The maximum Gasteiger partial charge on any atom is 0.255 e. The minimum atomic E-state index is -0.518. The molecule has 5 N–H and O–H groups in total. The van der Waals surface area contributed by atoms with Crippen LogP contribution in [0.3, 0.4) is 0 Å². The van der Waals surface area contributed by atoms with E-state index in [-0.39, 0.29) is 5.82 Å². The number of primary amides is 1. The maximum atomic E-state index is 11.2. The van der Waals surface area contributed by atoms with Crippen LogP contribution in [-0.4, -0.2) is 16.8 Å². The Bertz CT molecular complexity index is 423. The van der Waals surface area contributed by atoms with Gasteiger partial charge >= 0.3 is 0 Å². The second-order valence-corrected chi connectivity index (χ2v) is 5.78. The third-order valence-corrected chi connectivity index (χ3v) is 4.27. The van der Waals surface area contributed by atoms with E-state index in [1.54, 1.807) is 0 Å². The molecule has 1 amide bonds. The van der Waals surface area contributed by atoms with E-state index in [9.17, 15) is 4.79 Å². The van der Waals surface area contributed by atoms with Crippen molar-refractivity contribution in [1.29, 1.82) is 0 Å². The first kappa shape index (κ1) is 12.2. The molecule has 0 spiro atoms. The second-order valence-electron chi connectivity index (χ2n) is 5.01. The summed E-state index contributed by atoms with van der Waals surface area (Å²) in [5.41, 5.74) is 11.5. The smallest absolute Gasteiger partial charge is 0.255 e. The molecule has 1 aliphatic rings. The topological polar surface area (TPSA) is 94.0 Å². The van der Waals surface area contributed by atoms with Gasteiger partial charge in [0.05, 0.1) is 0 Å². The van der Waals surface area contributed by atoms with Crippen LogP contribution in [0.5, 0.6) is 0 Å². The number of hydrogen-bond acceptors (Lipinski definition) is 5. The molecule has 6 heteroatoms. The van der Waals surface area contributed by atoms with E-state index >= 15 is 0 Å². The standard InChI is InChI=1S/C11H18N4OS/c1-11(4-2-3-5-11)6-14-10-7(9(13)16)8(12)15-17-10/h14H,2-6H2,1H3,(H2,12,15)(H2,13,16). The predicted octanol–water partition coefficient (Wildman–Crippen LogP) is 1.82. The molecular weight excluding hydrogens is 236 g/mol. The number of anilines is 2. The van der Waals surface area contributed by atoms with E-state index in [1.807, 2.05) is 0 Å². The third-order valence-electron chi connectivity index (χ3n) is 3.45. The molecule has 17 heavy (non-hydrogen) atoms. The van der Waals surface area contributed by atoms with Crippen molar-refractivity contribution in [1.82, 2.24) is 4.37 Å². The highest BCUT2D eigenvalue weighted by molar-refractivity contribution is 7.11. The van der Waals surface area contributed by atoms with Gasteiger partial charge in [-0.25, -0.2) is 0 Å². The Labute approximate surface area is 105 Å². The van der Waals surface area contributed by atoms with Gasteiger partial charge in [0.2, 0.25) is 0 Å². The van der Waals surface area contributed by atoms with Crippen molar-refractivity contribution in [2.75, 3.05) is 17.6 Å². The summed E-state index contributed by atoms with van der Waals surface area (Å²) < 4.78 is 3.96. The quantitative estimate of drug-likeness (QED) is 0.764. The number of carbonyl (C=O) groups excluding carboxylic acids is 1. The Morgan fingerprint density at radius 3 is 2.76 bits per heavy atom. The average Bonchev–Trinajstić information content (AvgIpc) is 2.83. The highest BCUT2D eigenvalue weighted by Gasteiger charge is 2.29. The predicted molar refractivity (Wildman–Crippen MR) is 70.1 cm³/mol. The molecule has 0 bridgehead atoms. The Hall–Kier alpha value is -1.30. The number of nitrogens with zero attached hydrogens (tertiary/aromatic N) is 1. The molecular formula is C11H18N4OS. The number of hydrogen-bond donors (Lipinski definition) is 3. The van der Waals surface area contributed by atoms with E-state index in [0.717, 1.165) is 6.54 Å². The molecule has 0 atom stereocenters. The molecule has 0 radical (unpaired) electrons. The van der Waals surface area contributed by atoms with Gasteiger partial charge < -0.3 is 16.8 Å². The third kappa shape index (κ3) is 2.52. The summed E-state index contributed by atoms with van der Waals surface area (Å²) in [6.07, 6.45) is 5.01. The molecule has 94 valence electrons. The van der Waals surface area contributed by atoms with Gasteiger partial charge in [0.1, 0.15) is 10.6 Å². The lowest BCUT2D eigenvalue weighted by Crippen LogP contribution is -2.24. The summed E-state index contributed by atoms with van der Waals surface area (Å²) in [6.45, 7) is 3.11. The van der Waals surface area contributed by atoms with Crippen LogP contribution in [0.1, 0.15) is 43.0 Å². The number of nitrogens with one attached hydrogen (secondary N) is 1. The first-order chi connectivity index (χ1) is 8.02. The summed E-state index contributed by atoms with van der Waals surface area (Å²) in [4.78, 5) is 11.2. The summed E-state index contributed by atoms with van der Waals surface area (Å²) >= 11 is 1.20. The maximum absolute atomic E-state index is 11.2. The SMILES string of the molecule is CC1(CNc2snc(N)c2C(N)=O)CCCC1. The summed E-state index contributed by atoms with van der Waals surface area (Å²) in [5, 5.41) is 3.97. The molecule has 1 aromatic rings. The molecule has 2 rings (SSSR count). The minimum Gasteiger partial charge on any atom is -0.382 e. The molecule has 0 aliphatic heterocycles. The number of rotatable bonds is 4. The van der Waals surface area contributed by atoms with Gasteiger partial charge in [-0.1, -0.05) is 19.8 Å².